The second kappa shape index (κ2) is 6.17. The van der Waals surface area contributed by atoms with Crippen LogP contribution in [0.25, 0.3) is 0 Å². The van der Waals surface area contributed by atoms with E-state index in [1.807, 2.05) is 0 Å². The maximum Gasteiger partial charge on any atom is 1.00 e. The monoisotopic (exact) mass is 182 g/mol. The molecule has 0 N–H and O–H groups in total. The van der Waals surface area contributed by atoms with Gasteiger partial charge in [0, 0.05) is 0 Å². The van der Waals surface area contributed by atoms with Gasteiger partial charge in [0.2, 0.25) is 0 Å². The molecule has 0 atom stereocenters. The van der Waals surface area contributed by atoms with Gasteiger partial charge < -0.3 is 4.55 Å². The topological polar surface area (TPSA) is 66.4 Å². The standard InChI is InChI=1S/C2H5FO4S.K/c3-7-1-2-8(4,5)6;/h1-2H2,(H,4,5,6);/q;+1/p-1. The molecule has 0 unspecified atom stereocenters. The van der Waals surface area contributed by atoms with Crippen LogP contribution in [0.1, 0.15) is 0 Å². The first-order valence-corrected chi connectivity index (χ1v) is 3.31. The van der Waals surface area contributed by atoms with Crippen molar-refractivity contribution in [3.8, 4) is 0 Å². The van der Waals surface area contributed by atoms with E-state index in [0.29, 0.717) is 0 Å². The van der Waals surface area contributed by atoms with Crippen LogP contribution in [0.3, 0.4) is 0 Å². The van der Waals surface area contributed by atoms with Crippen molar-refractivity contribution in [2.45, 2.75) is 0 Å². The fraction of sp³-hybridized carbons (Fsp3) is 1.00. The third-order valence-electron chi connectivity index (χ3n) is 0.410. The Morgan fingerprint density at radius 3 is 2.11 bits per heavy atom. The molecule has 4 nitrogen and oxygen atoms in total. The zero-order valence-electron chi connectivity index (χ0n) is 4.83. The minimum Gasteiger partial charge on any atom is -0.748 e. The Morgan fingerprint density at radius 2 is 2.00 bits per heavy atom. The first kappa shape index (κ1) is 13.1. The molecule has 0 radical (unpaired) electrons. The summed E-state index contributed by atoms with van der Waals surface area (Å²) in [5.74, 6) is -0.816. The van der Waals surface area contributed by atoms with Crippen LogP contribution in [0.2, 0.25) is 0 Å². The number of hydrogen-bond acceptors (Lipinski definition) is 4. The number of rotatable bonds is 3. The van der Waals surface area contributed by atoms with Gasteiger partial charge in [0.25, 0.3) is 0 Å². The van der Waals surface area contributed by atoms with Gasteiger partial charge in [-0.1, -0.05) is 0 Å². The van der Waals surface area contributed by atoms with Crippen molar-refractivity contribution < 1.29 is 73.8 Å². The molecule has 7 heteroatoms. The zero-order chi connectivity index (χ0) is 6.62. The van der Waals surface area contributed by atoms with Crippen LogP contribution in [0.15, 0.2) is 0 Å². The molecule has 0 heterocycles. The van der Waals surface area contributed by atoms with Gasteiger partial charge in [-0.3, -0.25) is 0 Å². The Kier molecular flexibility index (Phi) is 8.95. The molecule has 0 amide bonds. The molecule has 0 saturated heterocycles. The summed E-state index contributed by atoms with van der Waals surface area (Å²) in [4.78, 5) is 2.84. The molecule has 0 aliphatic rings. The molecule has 0 aromatic carbocycles. The molecule has 0 aromatic rings. The van der Waals surface area contributed by atoms with E-state index in [1.54, 1.807) is 0 Å². The molecule has 0 aliphatic carbocycles. The molecular weight excluding hydrogens is 178 g/mol. The Labute approximate surface area is 94.8 Å². The molecule has 0 rings (SSSR count). The van der Waals surface area contributed by atoms with Crippen molar-refractivity contribution in [1.82, 2.24) is 0 Å². The summed E-state index contributed by atoms with van der Waals surface area (Å²) in [7, 11) is -4.30. The van der Waals surface area contributed by atoms with E-state index in [4.69, 9.17) is 0 Å². The third-order valence-corrected chi connectivity index (χ3v) is 1.08. The normalized spacial score (nSPS) is 10.4. The van der Waals surface area contributed by atoms with Gasteiger partial charge in [0.15, 0.2) is 0 Å². The van der Waals surface area contributed by atoms with E-state index >= 15 is 0 Å². The summed E-state index contributed by atoms with van der Waals surface area (Å²) in [6.07, 6.45) is 0. The SMILES string of the molecule is O=S(=O)([O-])CCOF.[K+]. The van der Waals surface area contributed by atoms with Gasteiger partial charge in [0.1, 0.15) is 6.61 Å². The van der Waals surface area contributed by atoms with Gasteiger partial charge in [-0.05, 0) is 4.53 Å². The number of hydrogen-bond donors (Lipinski definition) is 0. The molecule has 0 saturated carbocycles. The van der Waals surface area contributed by atoms with Crippen LogP contribution in [-0.4, -0.2) is 25.3 Å². The Morgan fingerprint density at radius 1 is 1.56 bits per heavy atom. The van der Waals surface area contributed by atoms with Crippen molar-refractivity contribution in [2.24, 2.45) is 0 Å². The van der Waals surface area contributed by atoms with Gasteiger partial charge in [-0.15, -0.1) is 0 Å². The Hall–Kier alpha value is 1.44. The van der Waals surface area contributed by atoms with E-state index < -0.39 is 22.5 Å². The minimum atomic E-state index is -4.30. The van der Waals surface area contributed by atoms with Gasteiger partial charge >= 0.3 is 51.4 Å². The summed E-state index contributed by atoms with van der Waals surface area (Å²) in [6, 6.07) is 0. The van der Waals surface area contributed by atoms with E-state index in [1.165, 1.54) is 0 Å². The quantitative estimate of drug-likeness (QED) is 0.334. The van der Waals surface area contributed by atoms with E-state index in [9.17, 15) is 17.5 Å². The van der Waals surface area contributed by atoms with E-state index in [-0.39, 0.29) is 51.4 Å². The smallest absolute Gasteiger partial charge is 0.748 e. The van der Waals surface area contributed by atoms with Crippen molar-refractivity contribution in [1.29, 1.82) is 0 Å². The Bertz CT molecular complexity index is 143. The molecule has 0 aromatic heterocycles. The predicted molar refractivity (Wildman–Crippen MR) is 21.6 cm³/mol. The number of halogens is 1. The second-order valence-corrected chi connectivity index (χ2v) is 2.60. The minimum absolute atomic E-state index is 0. The zero-order valence-corrected chi connectivity index (χ0v) is 8.77. The van der Waals surface area contributed by atoms with E-state index in [0.717, 1.165) is 0 Å². The Balaban J connectivity index is 0. The third kappa shape index (κ3) is 12.6. The maximum atomic E-state index is 10.6. The summed E-state index contributed by atoms with van der Waals surface area (Å²) in [5, 5.41) is 0. The fourth-order valence-electron chi connectivity index (χ4n) is 0.134. The molecule has 9 heavy (non-hydrogen) atoms. The van der Waals surface area contributed by atoms with Crippen LogP contribution in [-0.2, 0) is 15.1 Å². The second-order valence-electron chi connectivity index (χ2n) is 1.08. The van der Waals surface area contributed by atoms with Crippen LogP contribution in [0, 0.1) is 0 Å². The van der Waals surface area contributed by atoms with Crippen molar-refractivity contribution in [3.63, 3.8) is 0 Å². The molecular formula is C2H4FKO4S. The summed E-state index contributed by atoms with van der Waals surface area (Å²) in [5.41, 5.74) is 0. The first-order valence-electron chi connectivity index (χ1n) is 1.73. The van der Waals surface area contributed by atoms with Gasteiger partial charge in [-0.25, -0.2) is 8.42 Å². The van der Waals surface area contributed by atoms with E-state index in [2.05, 4.69) is 4.94 Å². The molecule has 0 spiro atoms. The van der Waals surface area contributed by atoms with Crippen molar-refractivity contribution >= 4 is 10.1 Å². The average molecular weight is 182 g/mol. The maximum absolute atomic E-state index is 10.6. The van der Waals surface area contributed by atoms with Crippen LogP contribution in [0.5, 0.6) is 0 Å². The average Bonchev–Trinajstić information content (AvgIpc) is 1.59. The first-order chi connectivity index (χ1) is 3.56. The van der Waals surface area contributed by atoms with Gasteiger partial charge in [0.05, 0.1) is 15.9 Å². The molecule has 0 bridgehead atoms. The largest absolute Gasteiger partial charge is 1.00 e. The fourth-order valence-corrected chi connectivity index (χ4v) is 0.401. The summed E-state index contributed by atoms with van der Waals surface area (Å²) in [6.45, 7) is -0.689. The molecule has 50 valence electrons. The molecule has 0 aliphatic heterocycles. The van der Waals surface area contributed by atoms with Gasteiger partial charge in [-0.2, -0.15) is 4.94 Å². The van der Waals surface area contributed by atoms with Crippen molar-refractivity contribution in [2.75, 3.05) is 12.4 Å². The van der Waals surface area contributed by atoms with Crippen LogP contribution in [0.4, 0.5) is 4.53 Å². The van der Waals surface area contributed by atoms with Crippen LogP contribution >= 0.6 is 0 Å². The summed E-state index contributed by atoms with van der Waals surface area (Å²) < 4.78 is 39.4. The predicted octanol–water partition coefficient (Wildman–Crippen LogP) is -3.56. The van der Waals surface area contributed by atoms with Crippen LogP contribution < -0.4 is 51.4 Å². The summed E-state index contributed by atoms with van der Waals surface area (Å²) >= 11 is 0. The molecule has 0 fully saturated rings. The van der Waals surface area contributed by atoms with Crippen molar-refractivity contribution in [3.05, 3.63) is 0 Å².